The molecule has 5 nitrogen and oxygen atoms in total. The van der Waals surface area contributed by atoms with Gasteiger partial charge in [0, 0.05) is 18.7 Å². The van der Waals surface area contributed by atoms with E-state index in [1.165, 1.54) is 0 Å². The minimum atomic E-state index is -0.526. The van der Waals surface area contributed by atoms with Gasteiger partial charge in [-0.3, -0.25) is 9.59 Å². The predicted octanol–water partition coefficient (Wildman–Crippen LogP) is 0.972. The Bertz CT molecular complexity index is 478. The zero-order chi connectivity index (χ0) is 14.5. The zero-order valence-electron chi connectivity index (χ0n) is 11.9. The maximum absolute atomic E-state index is 12.2. The second kappa shape index (κ2) is 6.52. The van der Waals surface area contributed by atoms with Gasteiger partial charge in [-0.2, -0.15) is 0 Å². The summed E-state index contributed by atoms with van der Waals surface area (Å²) in [5.41, 5.74) is 1.66. The summed E-state index contributed by atoms with van der Waals surface area (Å²) in [6.45, 7) is 5.97. The quantitative estimate of drug-likeness (QED) is 0.895. The van der Waals surface area contributed by atoms with Crippen molar-refractivity contribution in [3.8, 4) is 0 Å². The van der Waals surface area contributed by atoms with E-state index in [1.54, 1.807) is 24.0 Å². The normalized spacial score (nSPS) is 16.6. The fourth-order valence-electron chi connectivity index (χ4n) is 2.10. The molecule has 1 N–H and O–H groups in total. The van der Waals surface area contributed by atoms with E-state index in [2.05, 4.69) is 5.32 Å². The first-order valence-electron chi connectivity index (χ1n) is 6.82. The van der Waals surface area contributed by atoms with Crippen LogP contribution in [0, 0.1) is 6.92 Å². The van der Waals surface area contributed by atoms with Crippen molar-refractivity contribution in [3.05, 3.63) is 35.4 Å². The van der Waals surface area contributed by atoms with Crippen molar-refractivity contribution >= 4 is 11.8 Å². The van der Waals surface area contributed by atoms with Gasteiger partial charge in [-0.05, 0) is 26.0 Å². The Labute approximate surface area is 118 Å². The van der Waals surface area contributed by atoms with Crippen LogP contribution in [0.1, 0.15) is 22.8 Å². The van der Waals surface area contributed by atoms with Gasteiger partial charge in [0.1, 0.15) is 6.04 Å². The van der Waals surface area contributed by atoms with Gasteiger partial charge < -0.3 is 15.0 Å². The second-order valence-corrected chi connectivity index (χ2v) is 5.00. The summed E-state index contributed by atoms with van der Waals surface area (Å²) in [5.74, 6) is -0.284. The average Bonchev–Trinajstić information content (AvgIpc) is 2.48. The van der Waals surface area contributed by atoms with E-state index in [9.17, 15) is 9.59 Å². The summed E-state index contributed by atoms with van der Waals surface area (Å²) in [5, 5.41) is 2.74. The molecule has 1 aliphatic heterocycles. The molecule has 2 amide bonds. The van der Waals surface area contributed by atoms with Crippen molar-refractivity contribution in [2.45, 2.75) is 19.9 Å². The topological polar surface area (TPSA) is 58.6 Å². The van der Waals surface area contributed by atoms with Crippen LogP contribution >= 0.6 is 0 Å². The van der Waals surface area contributed by atoms with Crippen LogP contribution in [0.25, 0.3) is 0 Å². The molecule has 0 radical (unpaired) electrons. The van der Waals surface area contributed by atoms with Gasteiger partial charge in [-0.15, -0.1) is 0 Å². The summed E-state index contributed by atoms with van der Waals surface area (Å²) in [7, 11) is 0. The Kier molecular flexibility index (Phi) is 4.74. The van der Waals surface area contributed by atoms with Gasteiger partial charge in [-0.1, -0.05) is 17.7 Å². The summed E-state index contributed by atoms with van der Waals surface area (Å²) in [4.78, 5) is 25.9. The number of carbonyl (C=O) groups excluding carboxylic acids is 2. The Hall–Kier alpha value is -1.88. The summed E-state index contributed by atoms with van der Waals surface area (Å²) < 4.78 is 5.21. The van der Waals surface area contributed by atoms with Crippen LogP contribution < -0.4 is 5.32 Å². The molecule has 0 spiro atoms. The standard InChI is InChI=1S/C15H20N2O3/c1-11-3-5-13(6-4-11)14(18)16-12(2)15(19)17-7-9-20-10-8-17/h3-6,12H,7-10H2,1-2H3,(H,16,18)/t12-/m0/s1. The fourth-order valence-corrected chi connectivity index (χ4v) is 2.10. The van der Waals surface area contributed by atoms with Gasteiger partial charge in [0.05, 0.1) is 13.2 Å². The molecule has 0 saturated carbocycles. The highest BCUT2D eigenvalue weighted by Gasteiger charge is 2.23. The number of benzene rings is 1. The molecule has 0 unspecified atom stereocenters. The van der Waals surface area contributed by atoms with E-state index in [0.717, 1.165) is 5.56 Å². The van der Waals surface area contributed by atoms with Gasteiger partial charge in [-0.25, -0.2) is 0 Å². The number of hydrogen-bond donors (Lipinski definition) is 1. The first-order valence-corrected chi connectivity index (χ1v) is 6.82. The number of amides is 2. The highest BCUT2D eigenvalue weighted by atomic mass is 16.5. The van der Waals surface area contributed by atoms with E-state index >= 15 is 0 Å². The lowest BCUT2D eigenvalue weighted by Crippen LogP contribution is -2.50. The number of carbonyl (C=O) groups is 2. The molecule has 108 valence electrons. The number of nitrogens with zero attached hydrogens (tertiary/aromatic N) is 1. The maximum Gasteiger partial charge on any atom is 0.251 e. The van der Waals surface area contributed by atoms with Crippen LogP contribution in [0.5, 0.6) is 0 Å². The predicted molar refractivity (Wildman–Crippen MR) is 75.5 cm³/mol. The van der Waals surface area contributed by atoms with E-state index in [-0.39, 0.29) is 11.8 Å². The minimum Gasteiger partial charge on any atom is -0.378 e. The second-order valence-electron chi connectivity index (χ2n) is 5.00. The maximum atomic E-state index is 12.2. The third-order valence-corrected chi connectivity index (χ3v) is 3.35. The SMILES string of the molecule is Cc1ccc(C(=O)N[C@@H](C)C(=O)N2CCOCC2)cc1. The van der Waals surface area contributed by atoms with Crippen molar-refractivity contribution in [2.75, 3.05) is 26.3 Å². The van der Waals surface area contributed by atoms with Crippen LogP contribution in [-0.4, -0.2) is 49.1 Å². The lowest BCUT2D eigenvalue weighted by molar-refractivity contribution is -0.136. The van der Waals surface area contributed by atoms with Gasteiger partial charge in [0.15, 0.2) is 0 Å². The first-order chi connectivity index (χ1) is 9.58. The van der Waals surface area contributed by atoms with Gasteiger partial charge in [0.2, 0.25) is 5.91 Å². The zero-order valence-corrected chi connectivity index (χ0v) is 11.9. The Morgan fingerprint density at radius 2 is 1.80 bits per heavy atom. The molecular formula is C15H20N2O3. The molecule has 2 rings (SSSR count). The monoisotopic (exact) mass is 276 g/mol. The van der Waals surface area contributed by atoms with Crippen LogP contribution in [-0.2, 0) is 9.53 Å². The smallest absolute Gasteiger partial charge is 0.251 e. The fraction of sp³-hybridized carbons (Fsp3) is 0.467. The lowest BCUT2D eigenvalue weighted by Gasteiger charge is -2.29. The van der Waals surface area contributed by atoms with Crippen molar-refractivity contribution in [3.63, 3.8) is 0 Å². The Balaban J connectivity index is 1.92. The molecule has 0 aromatic heterocycles. The number of aryl methyl sites for hydroxylation is 1. The molecule has 5 heteroatoms. The Morgan fingerprint density at radius 3 is 2.40 bits per heavy atom. The molecule has 1 aliphatic rings. The minimum absolute atomic E-state index is 0.0613. The van der Waals surface area contributed by atoms with E-state index < -0.39 is 6.04 Å². The lowest BCUT2D eigenvalue weighted by atomic mass is 10.1. The molecule has 1 aromatic carbocycles. The van der Waals surface area contributed by atoms with Crippen LogP contribution in [0.15, 0.2) is 24.3 Å². The molecule has 0 bridgehead atoms. The third-order valence-electron chi connectivity index (χ3n) is 3.35. The number of nitrogens with one attached hydrogen (secondary N) is 1. The van der Waals surface area contributed by atoms with Crippen LogP contribution in [0.4, 0.5) is 0 Å². The summed E-state index contributed by atoms with van der Waals surface area (Å²) in [6, 6.07) is 6.75. The van der Waals surface area contributed by atoms with Gasteiger partial charge in [0.25, 0.3) is 5.91 Å². The number of morpholine rings is 1. The van der Waals surface area contributed by atoms with E-state index in [0.29, 0.717) is 31.9 Å². The summed E-state index contributed by atoms with van der Waals surface area (Å²) in [6.07, 6.45) is 0. The molecule has 1 atom stereocenters. The van der Waals surface area contributed by atoms with Crippen molar-refractivity contribution in [1.82, 2.24) is 10.2 Å². The first kappa shape index (κ1) is 14.5. The third kappa shape index (κ3) is 3.57. The van der Waals surface area contributed by atoms with Crippen molar-refractivity contribution in [1.29, 1.82) is 0 Å². The largest absolute Gasteiger partial charge is 0.378 e. The van der Waals surface area contributed by atoms with Crippen molar-refractivity contribution < 1.29 is 14.3 Å². The Morgan fingerprint density at radius 1 is 1.20 bits per heavy atom. The number of ether oxygens (including phenoxy) is 1. The highest BCUT2D eigenvalue weighted by molar-refractivity contribution is 5.97. The number of rotatable bonds is 3. The van der Waals surface area contributed by atoms with Crippen LogP contribution in [0.3, 0.4) is 0 Å². The van der Waals surface area contributed by atoms with Crippen molar-refractivity contribution in [2.24, 2.45) is 0 Å². The highest BCUT2D eigenvalue weighted by Crippen LogP contribution is 2.05. The average molecular weight is 276 g/mol. The molecule has 1 aromatic rings. The molecular weight excluding hydrogens is 256 g/mol. The molecule has 1 heterocycles. The molecule has 1 saturated heterocycles. The molecule has 1 fully saturated rings. The number of hydrogen-bond acceptors (Lipinski definition) is 3. The van der Waals surface area contributed by atoms with Crippen LogP contribution in [0.2, 0.25) is 0 Å². The molecule has 20 heavy (non-hydrogen) atoms. The summed E-state index contributed by atoms with van der Waals surface area (Å²) >= 11 is 0. The van der Waals surface area contributed by atoms with Gasteiger partial charge >= 0.3 is 0 Å². The van der Waals surface area contributed by atoms with E-state index in [1.807, 2.05) is 19.1 Å². The van der Waals surface area contributed by atoms with E-state index in [4.69, 9.17) is 4.74 Å². The molecule has 0 aliphatic carbocycles.